The smallest absolute Gasteiger partial charge is 0.321 e. The fraction of sp³-hybridized carbons (Fsp3) is 0.400. The Morgan fingerprint density at radius 3 is 1.92 bits per heavy atom. The maximum absolute atomic E-state index is 13.3. The summed E-state index contributed by atoms with van der Waals surface area (Å²) in [6, 6.07) is 4.14. The number of aromatic amines is 1. The van der Waals surface area contributed by atoms with Gasteiger partial charge in [-0.1, -0.05) is 11.6 Å². The third kappa shape index (κ3) is 12.6. The van der Waals surface area contributed by atoms with Crippen molar-refractivity contribution in [3.8, 4) is 11.8 Å². The molecule has 0 aliphatic heterocycles. The third-order valence-corrected chi connectivity index (χ3v) is 6.54. The Balaban J connectivity index is 0.000000236. The Kier molecular flexibility index (Phi) is 14.9. The number of halogens is 7. The van der Waals surface area contributed by atoms with Gasteiger partial charge < -0.3 is 14.2 Å². The Bertz CT molecular complexity index is 1290. The fourth-order valence-electron chi connectivity index (χ4n) is 2.46. The highest BCUT2D eigenvalue weighted by Crippen LogP contribution is 2.25. The van der Waals surface area contributed by atoms with Crippen molar-refractivity contribution in [2.24, 2.45) is 0 Å². The van der Waals surface area contributed by atoms with Crippen LogP contribution in [-0.4, -0.2) is 71.1 Å². The molecule has 2 atom stereocenters. The van der Waals surface area contributed by atoms with E-state index in [0.717, 1.165) is 0 Å². The predicted molar refractivity (Wildman–Crippen MR) is 159 cm³/mol. The van der Waals surface area contributed by atoms with Crippen LogP contribution in [0.1, 0.15) is 13.8 Å². The van der Waals surface area contributed by atoms with Gasteiger partial charge in [-0.3, -0.25) is 5.10 Å². The minimum absolute atomic E-state index is 0.0675. The molecule has 0 aliphatic rings. The largest absolute Gasteiger partial charge is 0.424 e. The average molecular weight is 890 g/mol. The summed E-state index contributed by atoms with van der Waals surface area (Å²) in [5, 5.41) is 14.7. The summed E-state index contributed by atoms with van der Waals surface area (Å²) in [7, 11) is 3.27. The summed E-state index contributed by atoms with van der Waals surface area (Å²) in [6.45, 7) is 5.00. The minimum atomic E-state index is -0.483. The van der Waals surface area contributed by atoms with Crippen molar-refractivity contribution in [2.45, 2.75) is 39.1 Å². The number of aromatic nitrogens is 9. The Morgan fingerprint density at radius 1 is 0.872 bits per heavy atom. The molecule has 39 heavy (non-hydrogen) atoms. The number of nitrogens with zero attached hydrogens (tertiary/aromatic N) is 8. The number of methoxy groups -OCH3 is 2. The summed E-state index contributed by atoms with van der Waals surface area (Å²) in [4.78, 5) is 11.9. The van der Waals surface area contributed by atoms with Crippen molar-refractivity contribution in [2.75, 3.05) is 14.2 Å². The van der Waals surface area contributed by atoms with Crippen molar-refractivity contribution in [1.29, 1.82) is 0 Å². The van der Waals surface area contributed by atoms with E-state index in [0.29, 0.717) is 36.8 Å². The number of H-pyrrole nitrogens is 1. The molecule has 12 nitrogen and oxygen atoms in total. The summed E-state index contributed by atoms with van der Waals surface area (Å²) >= 11 is 21.5. The first-order valence-corrected chi connectivity index (χ1v) is 15.0. The Hall–Kier alpha value is -1.02. The van der Waals surface area contributed by atoms with Gasteiger partial charge in [0.1, 0.15) is 11.6 Å². The van der Waals surface area contributed by atoms with Gasteiger partial charge in [-0.05, 0) is 106 Å². The number of hydrogen-bond acceptors (Lipinski definition) is 9. The molecular weight excluding hydrogens is 868 g/mol. The van der Waals surface area contributed by atoms with Crippen LogP contribution < -0.4 is 4.74 Å². The highest BCUT2D eigenvalue weighted by Gasteiger charge is 2.14. The molecule has 0 spiro atoms. The summed E-state index contributed by atoms with van der Waals surface area (Å²) in [5.74, 6) is -0.232. The molecule has 3 aromatic heterocycles. The first kappa shape index (κ1) is 34.2. The van der Waals surface area contributed by atoms with E-state index in [4.69, 9.17) is 25.8 Å². The van der Waals surface area contributed by atoms with E-state index in [1.165, 1.54) is 22.9 Å². The summed E-state index contributed by atoms with van der Waals surface area (Å²) in [6.07, 6.45) is 0.0666. The number of benzene rings is 1. The SMILES string of the molecule is Brc1n[nH]c(Br)n1.COC(C)Cn1nc(Br)nc1Br.COC(C)Cn1nc(Br)nc1Oc1cc(F)cc(Cl)c1. The van der Waals surface area contributed by atoms with Crippen molar-refractivity contribution in [3.05, 3.63) is 52.7 Å². The highest BCUT2D eigenvalue weighted by molar-refractivity contribution is 9.11. The lowest BCUT2D eigenvalue weighted by atomic mass is 10.3. The van der Waals surface area contributed by atoms with Crippen molar-refractivity contribution in [1.82, 2.24) is 44.7 Å². The fourth-order valence-corrected chi connectivity index (χ4v) is 4.77. The quantitative estimate of drug-likeness (QED) is 0.203. The molecule has 2 unspecified atom stereocenters. The monoisotopic (exact) mass is 885 g/mol. The van der Waals surface area contributed by atoms with Crippen molar-refractivity contribution < 1.29 is 18.6 Å². The second kappa shape index (κ2) is 17.1. The van der Waals surface area contributed by atoms with Gasteiger partial charge in [0.25, 0.3) is 0 Å². The lowest BCUT2D eigenvalue weighted by molar-refractivity contribution is 0.0972. The van der Waals surface area contributed by atoms with Crippen LogP contribution in [-0.2, 0) is 22.6 Å². The number of rotatable bonds is 8. The van der Waals surface area contributed by atoms with Crippen LogP contribution in [0.2, 0.25) is 5.02 Å². The molecule has 0 bridgehead atoms. The molecule has 4 rings (SSSR count). The summed E-state index contributed by atoms with van der Waals surface area (Å²) < 4.78 is 35.2. The van der Waals surface area contributed by atoms with Gasteiger partial charge in [-0.15, -0.1) is 15.3 Å². The van der Waals surface area contributed by atoms with E-state index >= 15 is 0 Å². The van der Waals surface area contributed by atoms with Gasteiger partial charge in [0.05, 0.1) is 25.3 Å². The standard InChI is InChI=1S/C12H12BrClFN3O2.C6H9Br2N3O.C2HBr2N3/c1-7(19-2)6-18-12(16-11(13)17-18)20-10-4-8(14)3-9(15)5-10;1-4(12-2)3-11-6(8)9-5(7)10-11;3-1-5-2(4)7-6-1/h3-5,7H,6H2,1-2H3;4H,3H2,1-2H3;(H,5,6,7). The molecule has 1 N–H and O–H groups in total. The first-order chi connectivity index (χ1) is 18.4. The predicted octanol–water partition coefficient (Wildman–Crippen LogP) is 6.83. The molecule has 0 saturated carbocycles. The molecular formula is C20H22Br5ClFN9O3. The zero-order valence-electron chi connectivity index (χ0n) is 20.7. The maximum Gasteiger partial charge on any atom is 0.321 e. The summed E-state index contributed by atoms with van der Waals surface area (Å²) in [5.41, 5.74) is 0. The van der Waals surface area contributed by atoms with Crippen LogP contribution in [0.25, 0.3) is 0 Å². The van der Waals surface area contributed by atoms with Gasteiger partial charge in [0.15, 0.2) is 9.47 Å². The zero-order valence-corrected chi connectivity index (χ0v) is 29.4. The van der Waals surface area contributed by atoms with Crippen LogP contribution in [0, 0.1) is 5.82 Å². The van der Waals surface area contributed by atoms with E-state index in [2.05, 4.69) is 115 Å². The lowest BCUT2D eigenvalue weighted by Gasteiger charge is -2.11. The first-order valence-electron chi connectivity index (χ1n) is 10.7. The van der Waals surface area contributed by atoms with Crippen LogP contribution in [0.15, 0.2) is 41.9 Å². The number of nitrogens with one attached hydrogen (secondary N) is 1. The second-order valence-electron chi connectivity index (χ2n) is 7.37. The molecule has 0 saturated heterocycles. The normalized spacial score (nSPS) is 12.2. The van der Waals surface area contributed by atoms with E-state index < -0.39 is 5.82 Å². The molecule has 214 valence electrons. The van der Waals surface area contributed by atoms with E-state index in [1.54, 1.807) is 18.9 Å². The van der Waals surface area contributed by atoms with E-state index in [-0.39, 0.29) is 29.0 Å². The van der Waals surface area contributed by atoms with Gasteiger partial charge in [-0.25, -0.2) is 13.8 Å². The minimum Gasteiger partial charge on any atom is -0.424 e. The molecule has 3 heterocycles. The maximum atomic E-state index is 13.3. The molecule has 0 amide bonds. The van der Waals surface area contributed by atoms with Crippen molar-refractivity contribution in [3.63, 3.8) is 0 Å². The van der Waals surface area contributed by atoms with Gasteiger partial charge in [-0.2, -0.15) is 15.0 Å². The molecule has 4 aromatic rings. The van der Waals surface area contributed by atoms with Gasteiger partial charge in [0.2, 0.25) is 14.2 Å². The molecule has 1 aromatic carbocycles. The lowest BCUT2D eigenvalue weighted by Crippen LogP contribution is -2.16. The zero-order chi connectivity index (χ0) is 29.1. The molecule has 0 radical (unpaired) electrons. The Morgan fingerprint density at radius 2 is 1.46 bits per heavy atom. The van der Waals surface area contributed by atoms with Crippen LogP contribution in [0.4, 0.5) is 4.39 Å². The number of ether oxygens (including phenoxy) is 3. The van der Waals surface area contributed by atoms with Crippen LogP contribution >= 0.6 is 91.3 Å². The highest BCUT2D eigenvalue weighted by atomic mass is 79.9. The third-order valence-electron chi connectivity index (χ3n) is 4.35. The average Bonchev–Trinajstić information content (AvgIpc) is 3.50. The molecule has 0 aliphatic carbocycles. The van der Waals surface area contributed by atoms with Crippen LogP contribution in [0.3, 0.4) is 0 Å². The van der Waals surface area contributed by atoms with E-state index in [1.807, 2.05) is 13.8 Å². The molecule has 19 heteroatoms. The second-order valence-corrected chi connectivity index (χ2v) is 11.4. The van der Waals surface area contributed by atoms with Crippen molar-refractivity contribution >= 4 is 91.3 Å². The van der Waals surface area contributed by atoms with Gasteiger partial charge in [0, 0.05) is 25.3 Å². The van der Waals surface area contributed by atoms with Gasteiger partial charge >= 0.3 is 6.01 Å². The van der Waals surface area contributed by atoms with E-state index in [9.17, 15) is 4.39 Å². The Labute approximate surface area is 270 Å². The molecule has 0 fully saturated rings. The van der Waals surface area contributed by atoms with Crippen LogP contribution in [0.5, 0.6) is 11.8 Å². The number of hydrogen-bond donors (Lipinski definition) is 1. The topological polar surface area (TPSA) is 131 Å².